The third kappa shape index (κ3) is 2.70. The Morgan fingerprint density at radius 1 is 1.24 bits per heavy atom. The topological polar surface area (TPSA) is 34.4 Å². The second kappa shape index (κ2) is 5.23. The van der Waals surface area contributed by atoms with Crippen LogP contribution in [0.3, 0.4) is 0 Å². The summed E-state index contributed by atoms with van der Waals surface area (Å²) in [7, 11) is 1.96. The van der Waals surface area contributed by atoms with Crippen molar-refractivity contribution in [1.82, 2.24) is 5.32 Å². The van der Waals surface area contributed by atoms with Crippen molar-refractivity contribution in [3.05, 3.63) is 53.0 Å². The van der Waals surface area contributed by atoms with Gasteiger partial charge >= 0.3 is 0 Å². The lowest BCUT2D eigenvalue weighted by Gasteiger charge is -2.16. The van der Waals surface area contributed by atoms with E-state index in [1.54, 1.807) is 0 Å². The molecule has 1 unspecified atom stereocenters. The maximum atomic E-state index is 5.95. The van der Waals surface area contributed by atoms with E-state index in [-0.39, 0.29) is 11.6 Å². The summed E-state index contributed by atoms with van der Waals surface area (Å²) < 4.78 is 11.9. The van der Waals surface area contributed by atoms with Gasteiger partial charge in [-0.1, -0.05) is 13.0 Å². The van der Waals surface area contributed by atoms with Gasteiger partial charge in [0.2, 0.25) is 0 Å². The second-order valence-corrected chi connectivity index (χ2v) is 6.29. The molecule has 2 heterocycles. The van der Waals surface area contributed by atoms with Crippen molar-refractivity contribution >= 4 is 0 Å². The summed E-state index contributed by atoms with van der Waals surface area (Å²) in [5.41, 5.74) is 2.39. The zero-order valence-electron chi connectivity index (χ0n) is 13.2. The summed E-state index contributed by atoms with van der Waals surface area (Å²) in [6.45, 7) is 6.36. The van der Waals surface area contributed by atoms with Gasteiger partial charge in [0, 0.05) is 12.8 Å². The van der Waals surface area contributed by atoms with Gasteiger partial charge in [-0.25, -0.2) is 0 Å². The third-order valence-corrected chi connectivity index (χ3v) is 4.02. The zero-order chi connectivity index (χ0) is 15.0. The number of benzene rings is 1. The Balaban J connectivity index is 1.92. The molecule has 0 amide bonds. The Kier molecular flexibility index (Phi) is 3.54. The lowest BCUT2D eigenvalue weighted by Crippen LogP contribution is -2.24. The van der Waals surface area contributed by atoms with E-state index >= 15 is 0 Å². The molecule has 1 aliphatic rings. The third-order valence-electron chi connectivity index (χ3n) is 4.02. The largest absolute Gasteiger partial charge is 0.487 e. The number of hydrogen-bond acceptors (Lipinski definition) is 3. The lowest BCUT2D eigenvalue weighted by molar-refractivity contribution is 0.138. The SMILES string of the molecule is CCc1ccc(C(NC)c2ccc3c(c2)CC(C)(C)O3)o1. The fourth-order valence-corrected chi connectivity index (χ4v) is 3.02. The summed E-state index contributed by atoms with van der Waals surface area (Å²) in [6, 6.07) is 10.6. The van der Waals surface area contributed by atoms with Gasteiger partial charge in [0.05, 0.1) is 6.04 Å². The second-order valence-electron chi connectivity index (χ2n) is 6.29. The molecule has 1 aromatic carbocycles. The predicted octanol–water partition coefficient (Wildman–Crippen LogP) is 3.86. The molecule has 0 fully saturated rings. The normalized spacial score (nSPS) is 17.3. The van der Waals surface area contributed by atoms with Crippen LogP contribution in [0.15, 0.2) is 34.7 Å². The van der Waals surface area contributed by atoms with Crippen molar-refractivity contribution in [2.75, 3.05) is 7.05 Å². The standard InChI is InChI=1S/C18H23NO2/c1-5-14-7-9-16(20-14)17(19-4)12-6-8-15-13(10-12)11-18(2,3)21-15/h6-10,17,19H,5,11H2,1-4H3. The van der Waals surface area contributed by atoms with Crippen LogP contribution in [0, 0.1) is 0 Å². The maximum Gasteiger partial charge on any atom is 0.125 e. The minimum absolute atomic E-state index is 0.0827. The smallest absolute Gasteiger partial charge is 0.125 e. The fraction of sp³-hybridized carbons (Fsp3) is 0.444. The highest BCUT2D eigenvalue weighted by Crippen LogP contribution is 2.37. The van der Waals surface area contributed by atoms with Gasteiger partial charge in [-0.2, -0.15) is 0 Å². The van der Waals surface area contributed by atoms with Crippen LogP contribution in [-0.2, 0) is 12.8 Å². The molecular weight excluding hydrogens is 262 g/mol. The van der Waals surface area contributed by atoms with Crippen LogP contribution in [0.25, 0.3) is 0 Å². The molecule has 2 aromatic rings. The number of hydrogen-bond donors (Lipinski definition) is 1. The zero-order valence-corrected chi connectivity index (χ0v) is 13.2. The number of furan rings is 1. The maximum absolute atomic E-state index is 5.95. The van der Waals surface area contributed by atoms with Gasteiger partial charge in [0.25, 0.3) is 0 Å². The molecule has 3 nitrogen and oxygen atoms in total. The van der Waals surface area contributed by atoms with Gasteiger partial charge in [0.15, 0.2) is 0 Å². The molecule has 1 aliphatic heterocycles. The fourth-order valence-electron chi connectivity index (χ4n) is 3.02. The van der Waals surface area contributed by atoms with Crippen molar-refractivity contribution < 1.29 is 9.15 Å². The van der Waals surface area contributed by atoms with E-state index in [1.807, 2.05) is 7.05 Å². The van der Waals surface area contributed by atoms with Crippen molar-refractivity contribution in [2.24, 2.45) is 0 Å². The Bertz CT molecular complexity index is 642. The number of ether oxygens (including phenoxy) is 1. The first-order valence-electron chi connectivity index (χ1n) is 7.60. The van der Waals surface area contributed by atoms with Crippen molar-refractivity contribution in [1.29, 1.82) is 0 Å². The van der Waals surface area contributed by atoms with E-state index in [4.69, 9.17) is 9.15 Å². The summed E-state index contributed by atoms with van der Waals surface area (Å²) in [4.78, 5) is 0. The summed E-state index contributed by atoms with van der Waals surface area (Å²) in [5.74, 6) is 3.00. The number of nitrogens with one attached hydrogen (secondary N) is 1. The monoisotopic (exact) mass is 285 g/mol. The van der Waals surface area contributed by atoms with E-state index in [2.05, 4.69) is 56.4 Å². The molecule has 0 saturated heterocycles. The lowest BCUT2D eigenvalue weighted by atomic mass is 9.97. The molecule has 112 valence electrons. The molecule has 3 heteroatoms. The molecule has 1 aromatic heterocycles. The minimum Gasteiger partial charge on any atom is -0.487 e. The molecule has 21 heavy (non-hydrogen) atoms. The Morgan fingerprint density at radius 3 is 2.71 bits per heavy atom. The molecule has 1 N–H and O–H groups in total. The van der Waals surface area contributed by atoms with Crippen LogP contribution in [0.4, 0.5) is 0 Å². The summed E-state index contributed by atoms with van der Waals surface area (Å²) in [6.07, 6.45) is 1.87. The quantitative estimate of drug-likeness (QED) is 0.926. The van der Waals surface area contributed by atoms with Crippen LogP contribution in [0.1, 0.15) is 49.5 Å². The predicted molar refractivity (Wildman–Crippen MR) is 83.8 cm³/mol. The first-order valence-corrected chi connectivity index (χ1v) is 7.60. The van der Waals surface area contributed by atoms with Crippen molar-refractivity contribution in [3.63, 3.8) is 0 Å². The average molecular weight is 285 g/mol. The van der Waals surface area contributed by atoms with E-state index < -0.39 is 0 Å². The van der Waals surface area contributed by atoms with E-state index in [1.165, 1.54) is 11.1 Å². The average Bonchev–Trinajstić information content (AvgIpc) is 3.01. The highest BCUT2D eigenvalue weighted by Gasteiger charge is 2.30. The van der Waals surface area contributed by atoms with Crippen LogP contribution in [0.2, 0.25) is 0 Å². The van der Waals surface area contributed by atoms with E-state index in [0.29, 0.717) is 0 Å². The molecule has 3 rings (SSSR count). The Hall–Kier alpha value is -1.74. The number of rotatable bonds is 4. The van der Waals surface area contributed by atoms with Crippen molar-refractivity contribution in [2.45, 2.75) is 45.3 Å². The molecule has 0 aliphatic carbocycles. The summed E-state index contributed by atoms with van der Waals surface area (Å²) in [5, 5.41) is 3.35. The van der Waals surface area contributed by atoms with Gasteiger partial charge in [-0.3, -0.25) is 0 Å². The molecule has 0 bridgehead atoms. The molecule has 0 saturated carbocycles. The van der Waals surface area contributed by atoms with Gasteiger partial charge in [0.1, 0.15) is 22.9 Å². The highest BCUT2D eigenvalue weighted by molar-refractivity contribution is 5.44. The van der Waals surface area contributed by atoms with E-state index in [9.17, 15) is 0 Å². The van der Waals surface area contributed by atoms with Crippen LogP contribution < -0.4 is 10.1 Å². The van der Waals surface area contributed by atoms with Crippen LogP contribution in [-0.4, -0.2) is 12.6 Å². The van der Waals surface area contributed by atoms with Gasteiger partial charge in [-0.15, -0.1) is 0 Å². The van der Waals surface area contributed by atoms with Crippen LogP contribution in [0.5, 0.6) is 5.75 Å². The number of aryl methyl sites for hydroxylation is 1. The Morgan fingerprint density at radius 2 is 2.05 bits per heavy atom. The molecule has 0 spiro atoms. The van der Waals surface area contributed by atoms with Crippen molar-refractivity contribution in [3.8, 4) is 5.75 Å². The van der Waals surface area contributed by atoms with Gasteiger partial charge in [-0.05, 0) is 56.3 Å². The van der Waals surface area contributed by atoms with Gasteiger partial charge < -0.3 is 14.5 Å². The highest BCUT2D eigenvalue weighted by atomic mass is 16.5. The number of fused-ring (bicyclic) bond motifs is 1. The molecule has 0 radical (unpaired) electrons. The summed E-state index contributed by atoms with van der Waals surface area (Å²) >= 11 is 0. The molecular formula is C18H23NO2. The first kappa shape index (κ1) is 14.2. The Labute approximate surface area is 126 Å². The molecule has 1 atom stereocenters. The minimum atomic E-state index is -0.101. The van der Waals surface area contributed by atoms with Crippen LogP contribution >= 0.6 is 0 Å². The van der Waals surface area contributed by atoms with E-state index in [0.717, 1.165) is 30.1 Å². The first-order chi connectivity index (χ1) is 10.0.